The van der Waals surface area contributed by atoms with Gasteiger partial charge in [-0.1, -0.05) is 30.8 Å². The smallest absolute Gasteiger partial charge is 0.259 e. The maximum absolute atomic E-state index is 12.3. The normalized spacial score (nSPS) is 13.2. The molecular formula is C18H16N2O3. The number of phenols is 1. The standard InChI is InChI=1S/C18H16N2O3/c1-11-7-8-15(16(21)9-11)19-17(22)10-20-12(2)13-5-3-4-6-14(13)18(20)23/h3-9,21H,2,10H2,1H3,(H,19,22). The number of nitrogens with one attached hydrogen (secondary N) is 1. The second-order valence-corrected chi connectivity index (χ2v) is 5.45. The molecule has 1 aliphatic heterocycles. The molecule has 0 spiro atoms. The summed E-state index contributed by atoms with van der Waals surface area (Å²) in [5, 5.41) is 12.4. The number of hydrogen-bond donors (Lipinski definition) is 2. The van der Waals surface area contributed by atoms with Crippen LogP contribution in [0.5, 0.6) is 5.75 Å². The predicted octanol–water partition coefficient (Wildman–Crippen LogP) is 2.77. The maximum atomic E-state index is 12.3. The minimum absolute atomic E-state index is 0.00629. The maximum Gasteiger partial charge on any atom is 0.259 e. The Labute approximate surface area is 133 Å². The average molecular weight is 308 g/mol. The molecule has 0 saturated carbocycles. The van der Waals surface area contributed by atoms with Crippen LogP contribution in [0, 0.1) is 6.92 Å². The van der Waals surface area contributed by atoms with Crippen LogP contribution in [0.1, 0.15) is 21.5 Å². The number of rotatable bonds is 3. The third kappa shape index (κ3) is 2.68. The zero-order valence-corrected chi connectivity index (χ0v) is 12.7. The molecule has 0 atom stereocenters. The van der Waals surface area contributed by atoms with Crippen molar-refractivity contribution in [2.24, 2.45) is 0 Å². The first kappa shape index (κ1) is 14.8. The molecule has 2 aromatic carbocycles. The quantitative estimate of drug-likeness (QED) is 0.857. The van der Waals surface area contributed by atoms with E-state index in [1.807, 2.05) is 13.0 Å². The number of aromatic hydroxyl groups is 1. The van der Waals surface area contributed by atoms with Crippen LogP contribution in [0.15, 0.2) is 49.0 Å². The topological polar surface area (TPSA) is 69.6 Å². The molecule has 0 aliphatic carbocycles. The lowest BCUT2D eigenvalue weighted by Crippen LogP contribution is -2.32. The number of hydrogen-bond acceptors (Lipinski definition) is 3. The van der Waals surface area contributed by atoms with Gasteiger partial charge in [0.1, 0.15) is 12.3 Å². The molecule has 0 radical (unpaired) electrons. The molecule has 5 nitrogen and oxygen atoms in total. The molecular weight excluding hydrogens is 292 g/mol. The Morgan fingerprint density at radius 2 is 1.91 bits per heavy atom. The second kappa shape index (κ2) is 5.61. The summed E-state index contributed by atoms with van der Waals surface area (Å²) < 4.78 is 0. The Balaban J connectivity index is 1.74. The van der Waals surface area contributed by atoms with Crippen LogP contribution in [0.4, 0.5) is 5.69 Å². The van der Waals surface area contributed by atoms with E-state index < -0.39 is 5.91 Å². The van der Waals surface area contributed by atoms with Gasteiger partial charge in [-0.25, -0.2) is 0 Å². The number of carbonyl (C=O) groups is 2. The molecule has 0 fully saturated rings. The lowest BCUT2D eigenvalue weighted by Gasteiger charge is -2.17. The average Bonchev–Trinajstić information content (AvgIpc) is 2.76. The number of aryl methyl sites for hydroxylation is 1. The summed E-state index contributed by atoms with van der Waals surface area (Å²) in [4.78, 5) is 25.9. The highest BCUT2D eigenvalue weighted by molar-refractivity contribution is 6.11. The van der Waals surface area contributed by atoms with E-state index in [2.05, 4.69) is 11.9 Å². The van der Waals surface area contributed by atoms with Gasteiger partial charge in [-0.3, -0.25) is 14.5 Å². The number of anilines is 1. The lowest BCUT2D eigenvalue weighted by atomic mass is 10.1. The van der Waals surface area contributed by atoms with Gasteiger partial charge in [-0.05, 0) is 30.7 Å². The van der Waals surface area contributed by atoms with Crippen molar-refractivity contribution < 1.29 is 14.7 Å². The Hall–Kier alpha value is -3.08. The molecule has 3 rings (SSSR count). The van der Waals surface area contributed by atoms with Crippen molar-refractivity contribution in [3.63, 3.8) is 0 Å². The number of benzene rings is 2. The molecule has 0 saturated heterocycles. The Morgan fingerprint density at radius 3 is 2.57 bits per heavy atom. The Morgan fingerprint density at radius 1 is 1.22 bits per heavy atom. The molecule has 0 aromatic heterocycles. The van der Waals surface area contributed by atoms with Crippen molar-refractivity contribution in [3.05, 3.63) is 65.7 Å². The van der Waals surface area contributed by atoms with Crippen molar-refractivity contribution in [1.29, 1.82) is 0 Å². The number of fused-ring (bicyclic) bond motifs is 1. The molecule has 0 unspecified atom stereocenters. The van der Waals surface area contributed by atoms with Crippen molar-refractivity contribution in [2.45, 2.75) is 6.92 Å². The summed E-state index contributed by atoms with van der Waals surface area (Å²) in [5.41, 5.74) is 3.00. The summed E-state index contributed by atoms with van der Waals surface area (Å²) in [7, 11) is 0. The SMILES string of the molecule is C=C1c2ccccc2C(=O)N1CC(=O)Nc1ccc(C)cc1O. The van der Waals surface area contributed by atoms with Crippen LogP contribution in [0.2, 0.25) is 0 Å². The number of amides is 2. The van der Waals surface area contributed by atoms with Crippen LogP contribution in [0.3, 0.4) is 0 Å². The van der Waals surface area contributed by atoms with Gasteiger partial charge in [0.2, 0.25) is 5.91 Å². The molecule has 2 N–H and O–H groups in total. The molecule has 116 valence electrons. The molecule has 2 amide bonds. The summed E-state index contributed by atoms with van der Waals surface area (Å²) in [5.74, 6) is -0.645. The van der Waals surface area contributed by atoms with Crippen LogP contribution in [0.25, 0.3) is 5.70 Å². The van der Waals surface area contributed by atoms with E-state index in [4.69, 9.17) is 0 Å². The highest BCUT2D eigenvalue weighted by Gasteiger charge is 2.31. The fourth-order valence-corrected chi connectivity index (χ4v) is 2.58. The van der Waals surface area contributed by atoms with E-state index in [1.165, 1.54) is 4.90 Å². The zero-order valence-electron chi connectivity index (χ0n) is 12.7. The molecule has 23 heavy (non-hydrogen) atoms. The van der Waals surface area contributed by atoms with Crippen LogP contribution in [-0.2, 0) is 4.79 Å². The largest absolute Gasteiger partial charge is 0.506 e. The fraction of sp³-hybridized carbons (Fsp3) is 0.111. The Bertz CT molecular complexity index is 792. The van der Waals surface area contributed by atoms with E-state index in [-0.39, 0.29) is 18.2 Å². The van der Waals surface area contributed by atoms with E-state index >= 15 is 0 Å². The van der Waals surface area contributed by atoms with E-state index in [9.17, 15) is 14.7 Å². The number of nitrogens with zero attached hydrogens (tertiary/aromatic N) is 1. The highest BCUT2D eigenvalue weighted by Crippen LogP contribution is 2.31. The lowest BCUT2D eigenvalue weighted by molar-refractivity contribution is -0.116. The van der Waals surface area contributed by atoms with Gasteiger partial charge in [-0.15, -0.1) is 0 Å². The number of carbonyl (C=O) groups excluding carboxylic acids is 2. The zero-order chi connectivity index (χ0) is 16.6. The van der Waals surface area contributed by atoms with E-state index in [0.29, 0.717) is 16.9 Å². The third-order valence-corrected chi connectivity index (χ3v) is 3.77. The first-order valence-electron chi connectivity index (χ1n) is 7.17. The van der Waals surface area contributed by atoms with Crippen LogP contribution in [-0.4, -0.2) is 28.4 Å². The number of phenolic OH excluding ortho intramolecular Hbond substituents is 1. The first-order valence-corrected chi connectivity index (χ1v) is 7.17. The van der Waals surface area contributed by atoms with Crippen molar-refractivity contribution >= 4 is 23.2 Å². The molecule has 1 heterocycles. The van der Waals surface area contributed by atoms with Gasteiger partial charge in [0.25, 0.3) is 5.91 Å². The van der Waals surface area contributed by atoms with Crippen molar-refractivity contribution in [1.82, 2.24) is 4.90 Å². The summed E-state index contributed by atoms with van der Waals surface area (Å²) in [6.07, 6.45) is 0. The highest BCUT2D eigenvalue weighted by atomic mass is 16.3. The molecule has 5 heteroatoms. The summed E-state index contributed by atoms with van der Waals surface area (Å²) in [6, 6.07) is 12.1. The molecule has 1 aliphatic rings. The van der Waals surface area contributed by atoms with Gasteiger partial charge >= 0.3 is 0 Å². The van der Waals surface area contributed by atoms with Crippen molar-refractivity contribution in [2.75, 3.05) is 11.9 Å². The van der Waals surface area contributed by atoms with Gasteiger partial charge < -0.3 is 10.4 Å². The first-order chi connectivity index (χ1) is 11.0. The summed E-state index contributed by atoms with van der Waals surface area (Å²) in [6.45, 7) is 5.58. The van der Waals surface area contributed by atoms with E-state index in [0.717, 1.165) is 11.1 Å². The van der Waals surface area contributed by atoms with Crippen LogP contribution >= 0.6 is 0 Å². The monoisotopic (exact) mass is 308 g/mol. The second-order valence-electron chi connectivity index (χ2n) is 5.45. The van der Waals surface area contributed by atoms with Gasteiger partial charge in [-0.2, -0.15) is 0 Å². The minimum Gasteiger partial charge on any atom is -0.506 e. The minimum atomic E-state index is -0.397. The fourth-order valence-electron chi connectivity index (χ4n) is 2.58. The van der Waals surface area contributed by atoms with Crippen molar-refractivity contribution in [3.8, 4) is 5.75 Å². The van der Waals surface area contributed by atoms with Gasteiger partial charge in [0, 0.05) is 16.8 Å². The molecule has 2 aromatic rings. The van der Waals surface area contributed by atoms with E-state index in [1.54, 1.807) is 36.4 Å². The molecule has 0 bridgehead atoms. The summed E-state index contributed by atoms with van der Waals surface area (Å²) >= 11 is 0. The third-order valence-electron chi connectivity index (χ3n) is 3.77. The Kier molecular flexibility index (Phi) is 3.62. The van der Waals surface area contributed by atoms with Crippen LogP contribution < -0.4 is 5.32 Å². The predicted molar refractivity (Wildman–Crippen MR) is 88.0 cm³/mol. The van der Waals surface area contributed by atoms with Gasteiger partial charge in [0.15, 0.2) is 0 Å². The van der Waals surface area contributed by atoms with Gasteiger partial charge in [0.05, 0.1) is 5.69 Å².